The van der Waals surface area contributed by atoms with E-state index in [1.54, 1.807) is 42.5 Å². The minimum Gasteiger partial charge on any atom is -0.507 e. The number of aromatic hydroxyl groups is 1. The number of hydrogen-bond acceptors (Lipinski definition) is 6. The van der Waals surface area contributed by atoms with Crippen LogP contribution < -0.4 is 14.2 Å². The largest absolute Gasteiger partial charge is 0.507 e. The Morgan fingerprint density at radius 1 is 0.854 bits per heavy atom. The van der Waals surface area contributed by atoms with Gasteiger partial charge in [0, 0.05) is 24.5 Å². The molecule has 0 aliphatic heterocycles. The van der Waals surface area contributed by atoms with Crippen LogP contribution in [-0.2, 0) is 27.7 Å². The Balaban J connectivity index is 1.28. The number of carbonyl (C=O) groups is 1. The van der Waals surface area contributed by atoms with Crippen LogP contribution in [0.25, 0.3) is 11.1 Å². The highest BCUT2D eigenvalue weighted by atomic mass is 32.2. The van der Waals surface area contributed by atoms with Gasteiger partial charge in [0.1, 0.15) is 23.1 Å². The van der Waals surface area contributed by atoms with E-state index in [-0.39, 0.29) is 22.9 Å². The lowest BCUT2D eigenvalue weighted by Gasteiger charge is -2.15. The summed E-state index contributed by atoms with van der Waals surface area (Å²) in [7, 11) is -3.92. The Morgan fingerprint density at radius 2 is 1.51 bits per heavy atom. The molecule has 0 saturated carbocycles. The van der Waals surface area contributed by atoms with E-state index in [9.17, 15) is 22.7 Å². The number of rotatable bonds is 13. The van der Waals surface area contributed by atoms with Crippen molar-refractivity contribution in [2.45, 2.75) is 37.5 Å². The third kappa shape index (κ3) is 8.08. The van der Waals surface area contributed by atoms with Crippen LogP contribution in [0.1, 0.15) is 30.9 Å². The van der Waals surface area contributed by atoms with E-state index >= 15 is 0 Å². The maximum absolute atomic E-state index is 13.3. The monoisotopic (exact) mass is 577 g/mol. The Labute approximate surface area is 239 Å². The highest BCUT2D eigenvalue weighted by Crippen LogP contribution is 2.36. The molecule has 9 heteroatoms. The molecule has 4 rings (SSSR count). The predicted octanol–water partition coefficient (Wildman–Crippen LogP) is 6.05. The van der Waals surface area contributed by atoms with Gasteiger partial charge in [-0.25, -0.2) is 17.5 Å². The number of hydrogen-bond donors (Lipinski definition) is 2. The second-order valence-electron chi connectivity index (χ2n) is 9.34. The van der Waals surface area contributed by atoms with Crippen molar-refractivity contribution in [3.8, 4) is 28.4 Å². The smallest absolute Gasteiger partial charge is 0.264 e. The molecular formula is C32H32FNO6S. The Bertz CT molecular complexity index is 1570. The maximum atomic E-state index is 13.3. The van der Waals surface area contributed by atoms with Gasteiger partial charge >= 0.3 is 0 Å². The van der Waals surface area contributed by atoms with Gasteiger partial charge < -0.3 is 14.6 Å². The standard InChI is InChI=1S/C32H32FNO6S/c1-2-23-21-28(24-13-16-26(33)17-14-24)29(35)22-31(23)40-20-8-19-39-30-12-7-6-9-25(30)15-18-32(36)34-41(37,38)27-10-4-3-5-11-27/h3-7,9-14,16-17,21-22,35H,2,8,15,18-20H2,1H3,(H,34,36). The van der Waals surface area contributed by atoms with E-state index in [1.165, 1.54) is 24.3 Å². The molecule has 4 aromatic rings. The fourth-order valence-electron chi connectivity index (χ4n) is 4.27. The lowest BCUT2D eigenvalue weighted by atomic mass is 10.00. The van der Waals surface area contributed by atoms with Gasteiger partial charge in [0.2, 0.25) is 5.91 Å². The van der Waals surface area contributed by atoms with Crippen LogP contribution in [-0.4, -0.2) is 32.6 Å². The van der Waals surface area contributed by atoms with Crippen LogP contribution >= 0.6 is 0 Å². The van der Waals surface area contributed by atoms with Gasteiger partial charge in [0.25, 0.3) is 10.0 Å². The van der Waals surface area contributed by atoms with E-state index < -0.39 is 15.9 Å². The Morgan fingerprint density at radius 3 is 2.22 bits per heavy atom. The van der Waals surface area contributed by atoms with E-state index in [0.29, 0.717) is 55.1 Å². The molecule has 0 spiro atoms. The third-order valence-corrected chi connectivity index (χ3v) is 7.80. The van der Waals surface area contributed by atoms with Crippen molar-refractivity contribution in [2.75, 3.05) is 13.2 Å². The molecule has 0 aliphatic rings. The van der Waals surface area contributed by atoms with Crippen LogP contribution in [0.2, 0.25) is 0 Å². The first-order valence-electron chi connectivity index (χ1n) is 13.3. The van der Waals surface area contributed by atoms with Crippen LogP contribution in [0.3, 0.4) is 0 Å². The first-order valence-corrected chi connectivity index (χ1v) is 14.8. The number of amides is 1. The highest BCUT2D eigenvalue weighted by molar-refractivity contribution is 7.90. The topological polar surface area (TPSA) is 102 Å². The van der Waals surface area contributed by atoms with E-state index in [0.717, 1.165) is 11.1 Å². The third-order valence-electron chi connectivity index (χ3n) is 6.41. The zero-order valence-electron chi connectivity index (χ0n) is 22.7. The van der Waals surface area contributed by atoms with Gasteiger partial charge in [-0.15, -0.1) is 0 Å². The molecule has 0 saturated heterocycles. The van der Waals surface area contributed by atoms with Crippen LogP contribution in [0.15, 0.2) is 95.9 Å². The summed E-state index contributed by atoms with van der Waals surface area (Å²) >= 11 is 0. The van der Waals surface area contributed by atoms with Crippen molar-refractivity contribution in [2.24, 2.45) is 0 Å². The van der Waals surface area contributed by atoms with Crippen LogP contribution in [0.4, 0.5) is 4.39 Å². The number of halogens is 1. The summed E-state index contributed by atoms with van der Waals surface area (Å²) in [5.41, 5.74) is 3.03. The van der Waals surface area contributed by atoms with Gasteiger partial charge in [-0.2, -0.15) is 0 Å². The molecule has 0 atom stereocenters. The molecule has 2 N–H and O–H groups in total. The van der Waals surface area contributed by atoms with Crippen LogP contribution in [0, 0.1) is 5.82 Å². The number of phenols is 1. The number of ether oxygens (including phenoxy) is 2. The zero-order valence-corrected chi connectivity index (χ0v) is 23.5. The highest BCUT2D eigenvalue weighted by Gasteiger charge is 2.17. The summed E-state index contributed by atoms with van der Waals surface area (Å²) in [6, 6.07) is 24.4. The van der Waals surface area contributed by atoms with E-state index in [2.05, 4.69) is 4.72 Å². The quantitative estimate of drug-likeness (QED) is 0.188. The number of aryl methyl sites for hydroxylation is 2. The molecule has 0 aromatic heterocycles. The number of sulfonamides is 1. The minimum atomic E-state index is -3.92. The normalized spacial score (nSPS) is 11.2. The maximum Gasteiger partial charge on any atom is 0.264 e. The van der Waals surface area contributed by atoms with Gasteiger partial charge in [-0.05, 0) is 65.9 Å². The predicted molar refractivity (Wildman–Crippen MR) is 155 cm³/mol. The number of benzene rings is 4. The molecule has 0 bridgehead atoms. The number of phenolic OH excluding ortho intramolecular Hbond substituents is 1. The molecule has 41 heavy (non-hydrogen) atoms. The van der Waals surface area contributed by atoms with Crippen molar-refractivity contribution in [1.82, 2.24) is 4.72 Å². The second-order valence-corrected chi connectivity index (χ2v) is 11.0. The second kappa shape index (κ2) is 13.8. The minimum absolute atomic E-state index is 0.0211. The molecule has 0 unspecified atom stereocenters. The van der Waals surface area contributed by atoms with Gasteiger partial charge in [0.15, 0.2) is 0 Å². The number of para-hydroxylation sites is 1. The van der Waals surface area contributed by atoms with Crippen molar-refractivity contribution in [1.29, 1.82) is 0 Å². The fourth-order valence-corrected chi connectivity index (χ4v) is 5.30. The Hall–Kier alpha value is -4.37. The average molecular weight is 578 g/mol. The van der Waals surface area contributed by atoms with Crippen molar-refractivity contribution in [3.63, 3.8) is 0 Å². The van der Waals surface area contributed by atoms with Crippen molar-refractivity contribution >= 4 is 15.9 Å². The average Bonchev–Trinajstić information content (AvgIpc) is 2.97. The molecule has 4 aromatic carbocycles. The molecular weight excluding hydrogens is 545 g/mol. The molecule has 0 fully saturated rings. The van der Waals surface area contributed by atoms with E-state index in [1.807, 2.05) is 31.2 Å². The lowest BCUT2D eigenvalue weighted by molar-refractivity contribution is -0.119. The summed E-state index contributed by atoms with van der Waals surface area (Å²) in [4.78, 5) is 12.4. The molecule has 0 radical (unpaired) electrons. The molecule has 0 aliphatic carbocycles. The molecule has 214 valence electrons. The van der Waals surface area contributed by atoms with Gasteiger partial charge in [-0.1, -0.05) is 55.5 Å². The number of carbonyl (C=O) groups excluding carboxylic acids is 1. The molecule has 0 heterocycles. The molecule has 1 amide bonds. The summed E-state index contributed by atoms with van der Waals surface area (Å²) in [5, 5.41) is 10.6. The number of nitrogens with one attached hydrogen (secondary N) is 1. The first kappa shape index (κ1) is 29.6. The Kier molecular flexibility index (Phi) is 9.97. The lowest BCUT2D eigenvalue weighted by Crippen LogP contribution is -2.30. The van der Waals surface area contributed by atoms with Gasteiger partial charge in [0.05, 0.1) is 18.1 Å². The fraction of sp³-hybridized carbons (Fsp3) is 0.219. The van der Waals surface area contributed by atoms with E-state index in [4.69, 9.17) is 9.47 Å². The van der Waals surface area contributed by atoms with Crippen molar-refractivity contribution < 1.29 is 32.2 Å². The first-order chi connectivity index (χ1) is 19.8. The zero-order chi connectivity index (χ0) is 29.2. The molecule has 7 nitrogen and oxygen atoms in total. The summed E-state index contributed by atoms with van der Waals surface area (Å²) in [6.07, 6.45) is 1.54. The SMILES string of the molecule is CCc1cc(-c2ccc(F)cc2)c(O)cc1OCCCOc1ccccc1CCC(=O)NS(=O)(=O)c1ccccc1. The summed E-state index contributed by atoms with van der Waals surface area (Å²) in [5.74, 6) is 0.301. The van der Waals surface area contributed by atoms with Gasteiger partial charge in [-0.3, -0.25) is 4.79 Å². The van der Waals surface area contributed by atoms with Crippen LogP contribution in [0.5, 0.6) is 17.2 Å². The van der Waals surface area contributed by atoms with Crippen molar-refractivity contribution in [3.05, 3.63) is 108 Å². The summed E-state index contributed by atoms with van der Waals surface area (Å²) < 4.78 is 52.0. The summed E-state index contributed by atoms with van der Waals surface area (Å²) in [6.45, 7) is 2.70.